The first-order chi connectivity index (χ1) is 14.4. The van der Waals surface area contributed by atoms with Gasteiger partial charge in [0.2, 0.25) is 5.76 Å². The Morgan fingerprint density at radius 1 is 1.07 bits per heavy atom. The van der Waals surface area contributed by atoms with Crippen LogP contribution in [-0.4, -0.2) is 23.8 Å². The third-order valence-electron chi connectivity index (χ3n) is 4.36. The lowest BCUT2D eigenvalue weighted by Gasteiger charge is -2.07. The standard InChI is InChI=1S/C21H16N2O6S/c24-19-12-16(22-18-8-4-5-10-23(18)19)13-29-21(25)20-15(9-11-28-20)14-30(26,27)17-6-2-1-3-7-17/h1-12H,13-14H2. The van der Waals surface area contributed by atoms with Gasteiger partial charge in [-0.2, -0.15) is 0 Å². The summed E-state index contributed by atoms with van der Waals surface area (Å²) in [6.45, 7) is -0.259. The van der Waals surface area contributed by atoms with E-state index < -0.39 is 21.6 Å². The smallest absolute Gasteiger partial charge is 0.374 e. The van der Waals surface area contributed by atoms with E-state index in [0.29, 0.717) is 5.65 Å². The highest BCUT2D eigenvalue weighted by molar-refractivity contribution is 7.90. The number of rotatable bonds is 6. The highest BCUT2D eigenvalue weighted by Gasteiger charge is 2.23. The largest absolute Gasteiger partial charge is 0.457 e. The lowest BCUT2D eigenvalue weighted by Crippen LogP contribution is -2.16. The summed E-state index contributed by atoms with van der Waals surface area (Å²) in [5.74, 6) is -1.45. The molecule has 0 saturated heterocycles. The van der Waals surface area contributed by atoms with Gasteiger partial charge in [-0.15, -0.1) is 0 Å². The third kappa shape index (κ3) is 4.01. The van der Waals surface area contributed by atoms with Gasteiger partial charge < -0.3 is 9.15 Å². The average Bonchev–Trinajstić information content (AvgIpc) is 3.20. The fourth-order valence-electron chi connectivity index (χ4n) is 2.93. The van der Waals surface area contributed by atoms with E-state index in [4.69, 9.17) is 9.15 Å². The van der Waals surface area contributed by atoms with E-state index in [2.05, 4.69) is 4.98 Å². The SMILES string of the molecule is O=C(OCc1cc(=O)n2ccccc2n1)c1occc1CS(=O)(=O)c1ccccc1. The second kappa shape index (κ2) is 7.96. The zero-order valence-corrected chi connectivity index (χ0v) is 16.4. The minimum atomic E-state index is -3.66. The molecule has 8 nitrogen and oxygen atoms in total. The fourth-order valence-corrected chi connectivity index (χ4v) is 4.30. The molecule has 0 aliphatic heterocycles. The summed E-state index contributed by atoms with van der Waals surface area (Å²) in [6, 6.07) is 15.7. The van der Waals surface area contributed by atoms with Crippen LogP contribution in [0.25, 0.3) is 5.65 Å². The quantitative estimate of drug-likeness (QED) is 0.438. The van der Waals surface area contributed by atoms with Crippen LogP contribution >= 0.6 is 0 Å². The van der Waals surface area contributed by atoms with Crippen LogP contribution in [0.2, 0.25) is 0 Å². The van der Waals surface area contributed by atoms with Gasteiger partial charge in [-0.3, -0.25) is 9.20 Å². The molecule has 152 valence electrons. The first kappa shape index (κ1) is 19.6. The van der Waals surface area contributed by atoms with Gasteiger partial charge in [0.1, 0.15) is 12.3 Å². The summed E-state index contributed by atoms with van der Waals surface area (Å²) in [6.07, 6.45) is 2.82. The number of ether oxygens (including phenoxy) is 1. The van der Waals surface area contributed by atoms with Crippen LogP contribution in [0.1, 0.15) is 21.8 Å². The van der Waals surface area contributed by atoms with Crippen molar-refractivity contribution in [1.29, 1.82) is 0 Å². The van der Waals surface area contributed by atoms with E-state index in [-0.39, 0.29) is 34.1 Å². The first-order valence-electron chi connectivity index (χ1n) is 8.93. The monoisotopic (exact) mass is 424 g/mol. The van der Waals surface area contributed by atoms with Gasteiger partial charge in [-0.1, -0.05) is 24.3 Å². The summed E-state index contributed by atoms with van der Waals surface area (Å²) in [5.41, 5.74) is 0.572. The Hall–Kier alpha value is -3.72. The molecular weight excluding hydrogens is 408 g/mol. The van der Waals surface area contributed by atoms with E-state index in [1.165, 1.54) is 34.9 Å². The van der Waals surface area contributed by atoms with Crippen LogP contribution < -0.4 is 5.56 Å². The van der Waals surface area contributed by atoms with Gasteiger partial charge in [-0.05, 0) is 30.3 Å². The molecule has 0 fully saturated rings. The van der Waals surface area contributed by atoms with E-state index >= 15 is 0 Å². The number of carbonyl (C=O) groups is 1. The molecule has 0 bridgehead atoms. The molecule has 4 rings (SSSR count). The van der Waals surface area contributed by atoms with E-state index in [1.54, 1.807) is 42.6 Å². The Labute approximate surface area is 171 Å². The minimum absolute atomic E-state index is 0.145. The van der Waals surface area contributed by atoms with Crippen LogP contribution in [0.5, 0.6) is 0 Å². The van der Waals surface area contributed by atoms with Crippen molar-refractivity contribution in [3.05, 3.63) is 100 Å². The van der Waals surface area contributed by atoms with E-state index in [1.807, 2.05) is 0 Å². The molecule has 3 heterocycles. The summed E-state index contributed by atoms with van der Waals surface area (Å²) >= 11 is 0. The Morgan fingerprint density at radius 2 is 1.83 bits per heavy atom. The van der Waals surface area contributed by atoms with Crippen LogP contribution in [0.3, 0.4) is 0 Å². The zero-order valence-electron chi connectivity index (χ0n) is 15.6. The number of sulfone groups is 1. The Balaban J connectivity index is 1.51. The number of fused-ring (bicyclic) bond motifs is 1. The van der Waals surface area contributed by atoms with E-state index in [9.17, 15) is 18.0 Å². The number of furan rings is 1. The molecule has 1 aromatic carbocycles. The number of nitrogens with zero attached hydrogens (tertiary/aromatic N) is 2. The number of aromatic nitrogens is 2. The lowest BCUT2D eigenvalue weighted by molar-refractivity contribution is 0.0430. The highest BCUT2D eigenvalue weighted by Crippen LogP contribution is 2.20. The molecule has 0 radical (unpaired) electrons. The van der Waals surface area contributed by atoms with Crippen molar-refractivity contribution in [3.8, 4) is 0 Å². The topological polar surface area (TPSA) is 108 Å². The van der Waals surface area contributed by atoms with Crippen LogP contribution in [0.15, 0.2) is 87.2 Å². The number of pyridine rings is 1. The average molecular weight is 424 g/mol. The van der Waals surface area contributed by atoms with Gasteiger partial charge in [0.25, 0.3) is 5.56 Å². The molecule has 0 unspecified atom stereocenters. The number of esters is 1. The molecule has 30 heavy (non-hydrogen) atoms. The van der Waals surface area contributed by atoms with Gasteiger partial charge in [0.15, 0.2) is 9.84 Å². The van der Waals surface area contributed by atoms with Crippen molar-refractivity contribution in [2.45, 2.75) is 17.3 Å². The summed E-state index contributed by atoms with van der Waals surface area (Å²) in [7, 11) is -3.66. The lowest BCUT2D eigenvalue weighted by atomic mass is 10.3. The van der Waals surface area contributed by atoms with Crippen molar-refractivity contribution < 1.29 is 22.4 Å². The molecule has 0 aliphatic rings. The maximum absolute atomic E-state index is 12.6. The van der Waals surface area contributed by atoms with Gasteiger partial charge in [0.05, 0.1) is 22.6 Å². The van der Waals surface area contributed by atoms with Crippen LogP contribution in [0.4, 0.5) is 0 Å². The Bertz CT molecular complexity index is 1370. The van der Waals surface area contributed by atoms with Gasteiger partial charge in [0, 0.05) is 17.8 Å². The van der Waals surface area contributed by atoms with Gasteiger partial charge in [-0.25, -0.2) is 18.2 Å². The molecular formula is C21H16N2O6S. The van der Waals surface area contributed by atoms with Crippen LogP contribution in [0, 0.1) is 0 Å². The molecule has 0 spiro atoms. The number of benzene rings is 1. The maximum Gasteiger partial charge on any atom is 0.374 e. The number of hydrogen-bond donors (Lipinski definition) is 0. The number of carbonyl (C=O) groups excluding carboxylic acids is 1. The first-order valence-corrected chi connectivity index (χ1v) is 10.6. The molecule has 0 amide bonds. The highest BCUT2D eigenvalue weighted by atomic mass is 32.2. The summed E-state index contributed by atoms with van der Waals surface area (Å²) < 4.78 is 36.9. The van der Waals surface area contributed by atoms with Crippen LogP contribution in [-0.2, 0) is 26.9 Å². The molecule has 3 aromatic heterocycles. The van der Waals surface area contributed by atoms with E-state index in [0.717, 1.165) is 0 Å². The van der Waals surface area contributed by atoms with Crippen molar-refractivity contribution in [1.82, 2.24) is 9.38 Å². The minimum Gasteiger partial charge on any atom is -0.457 e. The second-order valence-corrected chi connectivity index (χ2v) is 8.43. The predicted octanol–water partition coefficient (Wildman–Crippen LogP) is 2.62. The summed E-state index contributed by atoms with van der Waals surface area (Å²) in [4.78, 5) is 29.0. The molecule has 4 aromatic rings. The predicted molar refractivity (Wildman–Crippen MR) is 107 cm³/mol. The number of hydrogen-bond acceptors (Lipinski definition) is 7. The third-order valence-corrected chi connectivity index (χ3v) is 6.04. The molecule has 9 heteroatoms. The Kier molecular flexibility index (Phi) is 5.20. The Morgan fingerprint density at radius 3 is 2.63 bits per heavy atom. The normalized spacial score (nSPS) is 11.5. The van der Waals surface area contributed by atoms with Crippen molar-refractivity contribution in [2.24, 2.45) is 0 Å². The molecule has 0 saturated carbocycles. The van der Waals surface area contributed by atoms with Gasteiger partial charge >= 0.3 is 5.97 Å². The second-order valence-electron chi connectivity index (χ2n) is 6.44. The fraction of sp³-hybridized carbons (Fsp3) is 0.0952. The van der Waals surface area contributed by atoms with Crippen molar-refractivity contribution in [3.63, 3.8) is 0 Å². The molecule has 0 atom stereocenters. The molecule has 0 aliphatic carbocycles. The van der Waals surface area contributed by atoms with Crippen molar-refractivity contribution in [2.75, 3.05) is 0 Å². The zero-order chi connectivity index (χ0) is 21.1. The molecule has 0 N–H and O–H groups in total. The maximum atomic E-state index is 12.6. The summed E-state index contributed by atoms with van der Waals surface area (Å²) in [5, 5.41) is 0. The van der Waals surface area contributed by atoms with Crippen molar-refractivity contribution >= 4 is 21.5 Å².